The molecule has 0 radical (unpaired) electrons. The topological polar surface area (TPSA) is 62.2 Å². The highest BCUT2D eigenvalue weighted by Gasteiger charge is 2.22. The number of aromatic nitrogens is 1. The largest absolute Gasteiger partial charge is 0.477 e. The summed E-state index contributed by atoms with van der Waals surface area (Å²) in [6.45, 7) is 2.26. The van der Waals surface area contributed by atoms with Gasteiger partial charge in [0.1, 0.15) is 0 Å². The fourth-order valence-electron chi connectivity index (χ4n) is 3.13. The first-order valence-corrected chi connectivity index (χ1v) is 7.55. The van der Waals surface area contributed by atoms with Crippen molar-refractivity contribution in [2.45, 2.75) is 38.6 Å². The van der Waals surface area contributed by atoms with Gasteiger partial charge in [-0.3, -0.25) is 0 Å². The number of carboxylic acids is 1. The number of benzene rings is 1. The van der Waals surface area contributed by atoms with Gasteiger partial charge >= 0.3 is 5.97 Å². The highest BCUT2D eigenvalue weighted by molar-refractivity contribution is 5.97. The summed E-state index contributed by atoms with van der Waals surface area (Å²) < 4.78 is 0. The summed E-state index contributed by atoms with van der Waals surface area (Å²) in [6, 6.07) is 9.76. The summed E-state index contributed by atoms with van der Waals surface area (Å²) in [5.74, 6) is -0.376. The minimum Gasteiger partial charge on any atom is -0.477 e. The normalized spacial score (nSPS) is 22.1. The number of carbonyl (C=O) groups is 1. The van der Waals surface area contributed by atoms with E-state index in [-0.39, 0.29) is 5.69 Å². The Morgan fingerprint density at radius 3 is 2.81 bits per heavy atom. The third kappa shape index (κ3) is 2.84. The van der Waals surface area contributed by atoms with Gasteiger partial charge in [-0.25, -0.2) is 9.78 Å². The quantitative estimate of drug-likeness (QED) is 0.896. The van der Waals surface area contributed by atoms with Gasteiger partial charge in [-0.1, -0.05) is 38.0 Å². The van der Waals surface area contributed by atoms with Crippen molar-refractivity contribution in [1.29, 1.82) is 0 Å². The van der Waals surface area contributed by atoms with Crippen molar-refractivity contribution in [3.63, 3.8) is 0 Å². The molecule has 1 aromatic heterocycles. The fourth-order valence-corrected chi connectivity index (χ4v) is 3.13. The van der Waals surface area contributed by atoms with Crippen molar-refractivity contribution in [2.75, 3.05) is 5.32 Å². The van der Waals surface area contributed by atoms with E-state index in [2.05, 4.69) is 17.2 Å². The van der Waals surface area contributed by atoms with Crippen molar-refractivity contribution in [2.24, 2.45) is 5.92 Å². The van der Waals surface area contributed by atoms with Crippen LogP contribution in [0, 0.1) is 5.92 Å². The maximum atomic E-state index is 11.3. The van der Waals surface area contributed by atoms with Gasteiger partial charge < -0.3 is 10.4 Å². The third-order valence-electron chi connectivity index (χ3n) is 4.39. The second kappa shape index (κ2) is 5.72. The van der Waals surface area contributed by atoms with Crippen LogP contribution in [-0.4, -0.2) is 22.1 Å². The summed E-state index contributed by atoms with van der Waals surface area (Å²) in [5.41, 5.74) is 1.71. The SMILES string of the molecule is CC1CCCCC1Nc1cc(C(=O)O)nc2ccccc12. The lowest BCUT2D eigenvalue weighted by molar-refractivity contribution is 0.0691. The Morgan fingerprint density at radius 2 is 2.05 bits per heavy atom. The fraction of sp³-hybridized carbons (Fsp3) is 0.412. The first-order valence-electron chi connectivity index (χ1n) is 7.55. The molecule has 2 atom stereocenters. The van der Waals surface area contributed by atoms with E-state index in [1.54, 1.807) is 6.07 Å². The number of nitrogens with zero attached hydrogens (tertiary/aromatic N) is 1. The summed E-state index contributed by atoms with van der Waals surface area (Å²) >= 11 is 0. The molecule has 2 N–H and O–H groups in total. The van der Waals surface area contributed by atoms with E-state index in [1.165, 1.54) is 19.3 Å². The van der Waals surface area contributed by atoms with Crippen LogP contribution in [0.15, 0.2) is 30.3 Å². The molecule has 2 unspecified atom stereocenters. The zero-order valence-corrected chi connectivity index (χ0v) is 12.2. The van der Waals surface area contributed by atoms with E-state index in [4.69, 9.17) is 0 Å². The Hall–Kier alpha value is -2.10. The standard InChI is InChI=1S/C17H20N2O2/c1-11-6-2-4-8-13(11)18-15-10-16(17(20)21)19-14-9-5-3-7-12(14)15/h3,5,7,9-11,13H,2,4,6,8H2,1H3,(H,18,19)(H,20,21). The van der Waals surface area contributed by atoms with Crippen molar-refractivity contribution >= 4 is 22.6 Å². The number of anilines is 1. The maximum Gasteiger partial charge on any atom is 0.354 e. The molecule has 4 nitrogen and oxygen atoms in total. The number of nitrogens with one attached hydrogen (secondary N) is 1. The number of fused-ring (bicyclic) bond motifs is 1. The van der Waals surface area contributed by atoms with E-state index in [1.807, 2.05) is 24.3 Å². The van der Waals surface area contributed by atoms with Crippen molar-refractivity contribution in [1.82, 2.24) is 4.98 Å². The second-order valence-electron chi connectivity index (χ2n) is 5.89. The molecule has 3 rings (SSSR count). The lowest BCUT2D eigenvalue weighted by atomic mass is 9.85. The molecule has 1 aromatic carbocycles. The molecule has 1 saturated carbocycles. The van der Waals surface area contributed by atoms with Crippen LogP contribution in [0.2, 0.25) is 0 Å². The van der Waals surface area contributed by atoms with E-state index in [0.717, 1.165) is 23.0 Å². The van der Waals surface area contributed by atoms with Crippen molar-refractivity contribution in [3.8, 4) is 0 Å². The molecular weight excluding hydrogens is 264 g/mol. The van der Waals surface area contributed by atoms with Gasteiger partial charge in [-0.05, 0) is 30.9 Å². The van der Waals surface area contributed by atoms with Crippen LogP contribution in [0.4, 0.5) is 5.69 Å². The Labute approximate surface area is 124 Å². The molecule has 1 heterocycles. The number of carboxylic acid groups (broad SMARTS) is 1. The van der Waals surface area contributed by atoms with E-state index < -0.39 is 5.97 Å². The zero-order valence-electron chi connectivity index (χ0n) is 12.2. The molecular formula is C17H20N2O2. The van der Waals surface area contributed by atoms with Gasteiger partial charge in [0.25, 0.3) is 0 Å². The van der Waals surface area contributed by atoms with Crippen LogP contribution < -0.4 is 5.32 Å². The Morgan fingerprint density at radius 1 is 1.29 bits per heavy atom. The monoisotopic (exact) mass is 284 g/mol. The molecule has 0 saturated heterocycles. The van der Waals surface area contributed by atoms with Crippen LogP contribution in [0.5, 0.6) is 0 Å². The van der Waals surface area contributed by atoms with Crippen LogP contribution in [0.3, 0.4) is 0 Å². The first kappa shape index (κ1) is 13.9. The first-order chi connectivity index (χ1) is 10.1. The summed E-state index contributed by atoms with van der Waals surface area (Å²) in [7, 11) is 0. The zero-order chi connectivity index (χ0) is 14.8. The van der Waals surface area contributed by atoms with Gasteiger partial charge in [0.05, 0.1) is 5.52 Å². The predicted molar refractivity (Wildman–Crippen MR) is 83.7 cm³/mol. The van der Waals surface area contributed by atoms with Crippen LogP contribution in [-0.2, 0) is 0 Å². The number of para-hydroxylation sites is 1. The minimum absolute atomic E-state index is 0.0969. The summed E-state index contributed by atoms with van der Waals surface area (Å²) in [6.07, 6.45) is 4.89. The maximum absolute atomic E-state index is 11.3. The minimum atomic E-state index is -0.986. The Bertz CT molecular complexity index is 669. The Kier molecular flexibility index (Phi) is 3.78. The smallest absolute Gasteiger partial charge is 0.354 e. The third-order valence-corrected chi connectivity index (χ3v) is 4.39. The van der Waals surface area contributed by atoms with Crippen LogP contribution in [0.25, 0.3) is 10.9 Å². The summed E-state index contributed by atoms with van der Waals surface area (Å²) in [5, 5.41) is 13.8. The number of rotatable bonds is 3. The molecule has 1 aliphatic rings. The van der Waals surface area contributed by atoms with Gasteiger partial charge in [0, 0.05) is 17.1 Å². The molecule has 0 aliphatic heterocycles. The molecule has 0 spiro atoms. The van der Waals surface area contributed by atoms with Gasteiger partial charge in [0.15, 0.2) is 5.69 Å². The lowest BCUT2D eigenvalue weighted by Crippen LogP contribution is -2.30. The second-order valence-corrected chi connectivity index (χ2v) is 5.89. The number of hydrogen-bond donors (Lipinski definition) is 2. The highest BCUT2D eigenvalue weighted by Crippen LogP contribution is 2.30. The van der Waals surface area contributed by atoms with Crippen molar-refractivity contribution < 1.29 is 9.90 Å². The van der Waals surface area contributed by atoms with Gasteiger partial charge in [-0.2, -0.15) is 0 Å². The van der Waals surface area contributed by atoms with Crippen LogP contribution in [0.1, 0.15) is 43.1 Å². The molecule has 0 bridgehead atoms. The molecule has 1 fully saturated rings. The van der Waals surface area contributed by atoms with E-state index >= 15 is 0 Å². The molecule has 4 heteroatoms. The van der Waals surface area contributed by atoms with Gasteiger partial charge in [0.2, 0.25) is 0 Å². The number of hydrogen-bond acceptors (Lipinski definition) is 3. The molecule has 110 valence electrons. The van der Waals surface area contributed by atoms with Gasteiger partial charge in [-0.15, -0.1) is 0 Å². The lowest BCUT2D eigenvalue weighted by Gasteiger charge is -2.30. The number of pyridine rings is 1. The highest BCUT2D eigenvalue weighted by atomic mass is 16.4. The molecule has 1 aliphatic carbocycles. The predicted octanol–water partition coefficient (Wildman–Crippen LogP) is 3.92. The Balaban J connectivity index is 2.01. The number of aromatic carboxylic acids is 1. The average Bonchev–Trinajstić information content (AvgIpc) is 2.49. The summed E-state index contributed by atoms with van der Waals surface area (Å²) in [4.78, 5) is 15.5. The van der Waals surface area contributed by atoms with Crippen LogP contribution >= 0.6 is 0 Å². The van der Waals surface area contributed by atoms with E-state index in [0.29, 0.717) is 12.0 Å². The molecule has 2 aromatic rings. The molecule has 21 heavy (non-hydrogen) atoms. The average molecular weight is 284 g/mol. The molecule has 0 amide bonds. The van der Waals surface area contributed by atoms with E-state index in [9.17, 15) is 9.90 Å². The van der Waals surface area contributed by atoms with Crippen molar-refractivity contribution in [3.05, 3.63) is 36.0 Å².